The SMILES string of the molecule is O=C(CN[C@H](c1ccccc1)c1cccs1)NCC1CCCCC1. The predicted molar refractivity (Wildman–Crippen MR) is 100 cm³/mol. The number of rotatable bonds is 7. The average molecular weight is 343 g/mol. The Morgan fingerprint density at radius 1 is 1.08 bits per heavy atom. The minimum Gasteiger partial charge on any atom is -0.355 e. The number of thiophene rings is 1. The molecule has 2 N–H and O–H groups in total. The molecule has 1 saturated carbocycles. The molecular weight excluding hydrogens is 316 g/mol. The Morgan fingerprint density at radius 3 is 2.58 bits per heavy atom. The molecular formula is C20H26N2OS. The zero-order valence-corrected chi connectivity index (χ0v) is 14.9. The van der Waals surface area contributed by atoms with Crippen molar-refractivity contribution in [3.8, 4) is 0 Å². The summed E-state index contributed by atoms with van der Waals surface area (Å²) in [6, 6.07) is 14.6. The fourth-order valence-corrected chi connectivity index (χ4v) is 4.22. The number of benzene rings is 1. The number of carbonyl (C=O) groups is 1. The second kappa shape index (κ2) is 9.00. The van der Waals surface area contributed by atoms with Crippen molar-refractivity contribution in [1.82, 2.24) is 10.6 Å². The molecule has 0 unspecified atom stereocenters. The largest absolute Gasteiger partial charge is 0.355 e. The van der Waals surface area contributed by atoms with E-state index in [0.29, 0.717) is 12.5 Å². The minimum atomic E-state index is 0.0756. The standard InChI is InChI=1S/C20H26N2OS/c23-19(21-14-16-8-3-1-4-9-16)15-22-20(18-12-7-13-24-18)17-10-5-2-6-11-17/h2,5-7,10-13,16,20,22H,1,3-4,8-9,14-15H2,(H,21,23)/t20-/m1/s1. The molecule has 0 spiro atoms. The first kappa shape index (κ1) is 17.2. The Kier molecular flexibility index (Phi) is 6.44. The highest BCUT2D eigenvalue weighted by molar-refractivity contribution is 7.10. The Labute approximate surface area is 148 Å². The van der Waals surface area contributed by atoms with Crippen LogP contribution in [-0.4, -0.2) is 19.0 Å². The summed E-state index contributed by atoms with van der Waals surface area (Å²) in [6.45, 7) is 1.18. The molecule has 0 bridgehead atoms. The van der Waals surface area contributed by atoms with Crippen LogP contribution < -0.4 is 10.6 Å². The zero-order valence-electron chi connectivity index (χ0n) is 14.0. The molecule has 1 heterocycles. The lowest BCUT2D eigenvalue weighted by atomic mass is 9.89. The molecule has 2 aromatic rings. The first-order valence-corrected chi connectivity index (χ1v) is 9.79. The highest BCUT2D eigenvalue weighted by Gasteiger charge is 2.17. The van der Waals surface area contributed by atoms with E-state index in [1.54, 1.807) is 11.3 Å². The molecule has 1 aliphatic rings. The number of hydrogen-bond acceptors (Lipinski definition) is 3. The quantitative estimate of drug-likeness (QED) is 0.794. The van der Waals surface area contributed by atoms with E-state index in [9.17, 15) is 4.79 Å². The molecule has 0 aliphatic heterocycles. The van der Waals surface area contributed by atoms with Gasteiger partial charge in [0.15, 0.2) is 0 Å². The Hall–Kier alpha value is -1.65. The van der Waals surface area contributed by atoms with Crippen LogP contribution in [0.3, 0.4) is 0 Å². The predicted octanol–water partition coefficient (Wildman–Crippen LogP) is 4.12. The van der Waals surface area contributed by atoms with Gasteiger partial charge in [0.2, 0.25) is 5.91 Å². The summed E-state index contributed by atoms with van der Waals surface area (Å²) < 4.78 is 0. The topological polar surface area (TPSA) is 41.1 Å². The van der Waals surface area contributed by atoms with E-state index in [0.717, 1.165) is 6.54 Å². The van der Waals surface area contributed by atoms with Crippen molar-refractivity contribution in [3.05, 3.63) is 58.3 Å². The van der Waals surface area contributed by atoms with Gasteiger partial charge in [0.1, 0.15) is 0 Å². The second-order valence-corrected chi connectivity index (χ2v) is 7.53. The van der Waals surface area contributed by atoms with Gasteiger partial charge in [-0.05, 0) is 35.8 Å². The van der Waals surface area contributed by atoms with E-state index in [4.69, 9.17) is 0 Å². The van der Waals surface area contributed by atoms with Crippen LogP contribution in [0.15, 0.2) is 47.8 Å². The smallest absolute Gasteiger partial charge is 0.233 e. The lowest BCUT2D eigenvalue weighted by molar-refractivity contribution is -0.120. The van der Waals surface area contributed by atoms with Crippen LogP contribution in [0.1, 0.15) is 48.6 Å². The van der Waals surface area contributed by atoms with Crippen molar-refractivity contribution < 1.29 is 4.79 Å². The van der Waals surface area contributed by atoms with Crippen molar-refractivity contribution in [3.63, 3.8) is 0 Å². The summed E-state index contributed by atoms with van der Waals surface area (Å²) in [6.07, 6.45) is 6.50. The van der Waals surface area contributed by atoms with E-state index in [1.807, 2.05) is 18.2 Å². The van der Waals surface area contributed by atoms with Gasteiger partial charge in [-0.2, -0.15) is 0 Å². The fourth-order valence-electron chi connectivity index (χ4n) is 3.39. The van der Waals surface area contributed by atoms with Crippen LogP contribution >= 0.6 is 11.3 Å². The van der Waals surface area contributed by atoms with Crippen molar-refractivity contribution in [2.24, 2.45) is 5.92 Å². The van der Waals surface area contributed by atoms with Gasteiger partial charge in [0.05, 0.1) is 12.6 Å². The van der Waals surface area contributed by atoms with Gasteiger partial charge in [-0.1, -0.05) is 55.7 Å². The summed E-state index contributed by atoms with van der Waals surface area (Å²) >= 11 is 1.72. The van der Waals surface area contributed by atoms with Crippen LogP contribution in [0.4, 0.5) is 0 Å². The van der Waals surface area contributed by atoms with Crippen molar-refractivity contribution >= 4 is 17.2 Å². The maximum absolute atomic E-state index is 12.2. The molecule has 1 amide bonds. The lowest BCUT2D eigenvalue weighted by Gasteiger charge is -2.22. The second-order valence-electron chi connectivity index (χ2n) is 6.55. The van der Waals surface area contributed by atoms with Crippen LogP contribution in [-0.2, 0) is 4.79 Å². The number of nitrogens with one attached hydrogen (secondary N) is 2. The first-order chi connectivity index (χ1) is 11.8. The van der Waals surface area contributed by atoms with Gasteiger partial charge in [-0.3, -0.25) is 10.1 Å². The first-order valence-electron chi connectivity index (χ1n) is 8.91. The molecule has 4 heteroatoms. The Balaban J connectivity index is 1.52. The summed E-state index contributed by atoms with van der Waals surface area (Å²) in [4.78, 5) is 13.5. The van der Waals surface area contributed by atoms with Gasteiger partial charge in [0, 0.05) is 11.4 Å². The van der Waals surface area contributed by atoms with Gasteiger partial charge in [-0.25, -0.2) is 0 Å². The monoisotopic (exact) mass is 342 g/mol. The molecule has 1 aliphatic carbocycles. The summed E-state index contributed by atoms with van der Waals surface area (Å²) in [5.74, 6) is 0.767. The third kappa shape index (κ3) is 4.92. The molecule has 0 saturated heterocycles. The van der Waals surface area contributed by atoms with E-state index in [1.165, 1.54) is 42.5 Å². The normalized spacial score (nSPS) is 16.7. The van der Waals surface area contributed by atoms with Crippen LogP contribution in [0.2, 0.25) is 0 Å². The molecule has 3 rings (SSSR count). The fraction of sp³-hybridized carbons (Fsp3) is 0.450. The number of carbonyl (C=O) groups excluding carboxylic acids is 1. The van der Waals surface area contributed by atoms with Gasteiger partial charge in [-0.15, -0.1) is 11.3 Å². The van der Waals surface area contributed by atoms with Crippen LogP contribution in [0.5, 0.6) is 0 Å². The molecule has 0 radical (unpaired) electrons. The summed E-state index contributed by atoms with van der Waals surface area (Å²) in [5.41, 5.74) is 1.19. The van der Waals surface area contributed by atoms with Crippen LogP contribution in [0.25, 0.3) is 0 Å². The molecule has 1 aromatic heterocycles. The Morgan fingerprint density at radius 2 is 1.88 bits per heavy atom. The highest BCUT2D eigenvalue weighted by Crippen LogP contribution is 2.25. The third-order valence-corrected chi connectivity index (χ3v) is 5.68. The zero-order chi connectivity index (χ0) is 16.6. The molecule has 3 nitrogen and oxygen atoms in total. The molecule has 1 atom stereocenters. The summed E-state index contributed by atoms with van der Waals surface area (Å²) in [7, 11) is 0. The Bertz CT molecular complexity index is 606. The van der Waals surface area contributed by atoms with Gasteiger partial charge < -0.3 is 5.32 Å². The average Bonchev–Trinajstić information content (AvgIpc) is 3.16. The van der Waals surface area contributed by atoms with E-state index >= 15 is 0 Å². The van der Waals surface area contributed by atoms with Crippen LogP contribution in [0, 0.1) is 5.92 Å². The van der Waals surface area contributed by atoms with Gasteiger partial charge in [0.25, 0.3) is 0 Å². The van der Waals surface area contributed by atoms with Crippen molar-refractivity contribution in [2.45, 2.75) is 38.1 Å². The maximum atomic E-state index is 12.2. The molecule has 1 aromatic carbocycles. The number of hydrogen-bond donors (Lipinski definition) is 2. The van der Waals surface area contributed by atoms with Crippen molar-refractivity contribution in [1.29, 1.82) is 0 Å². The molecule has 24 heavy (non-hydrogen) atoms. The molecule has 128 valence electrons. The molecule has 1 fully saturated rings. The van der Waals surface area contributed by atoms with E-state index in [2.05, 4.69) is 40.3 Å². The van der Waals surface area contributed by atoms with Gasteiger partial charge >= 0.3 is 0 Å². The minimum absolute atomic E-state index is 0.0756. The lowest BCUT2D eigenvalue weighted by Crippen LogP contribution is -2.38. The number of amides is 1. The van der Waals surface area contributed by atoms with E-state index < -0.39 is 0 Å². The highest BCUT2D eigenvalue weighted by atomic mass is 32.1. The maximum Gasteiger partial charge on any atom is 0.233 e. The van der Waals surface area contributed by atoms with E-state index in [-0.39, 0.29) is 11.9 Å². The van der Waals surface area contributed by atoms with Crippen molar-refractivity contribution in [2.75, 3.05) is 13.1 Å². The summed E-state index contributed by atoms with van der Waals surface area (Å²) in [5, 5.41) is 8.61. The third-order valence-electron chi connectivity index (χ3n) is 4.74.